The predicted molar refractivity (Wildman–Crippen MR) is 87.2 cm³/mol. The van der Waals surface area contributed by atoms with Gasteiger partial charge < -0.3 is 20.8 Å². The van der Waals surface area contributed by atoms with Gasteiger partial charge in [0.05, 0.1) is 12.6 Å². The Bertz CT molecular complexity index is 777. The lowest BCUT2D eigenvalue weighted by Gasteiger charge is -2.26. The molecule has 2 aromatic carbocycles. The molecule has 124 valence electrons. The third-order valence-electron chi connectivity index (χ3n) is 4.01. The maximum atomic E-state index is 11.7. The van der Waals surface area contributed by atoms with E-state index in [4.69, 9.17) is 15.7 Å². The standard InChI is InChI=1S/C17H17N3O4/c18-16(19-23)12-6-7-13-9-20(17(21)22)14(10-24-15(13)8-12)11-4-2-1-3-5-11/h1-8,14,23H,9-10H2,(H2,18,19)(H,21,22). The van der Waals surface area contributed by atoms with E-state index in [1.54, 1.807) is 18.2 Å². The van der Waals surface area contributed by atoms with Crippen molar-refractivity contribution < 1.29 is 19.8 Å². The second-order valence-corrected chi connectivity index (χ2v) is 5.46. The van der Waals surface area contributed by atoms with Crippen LogP contribution in [0.1, 0.15) is 22.7 Å². The third-order valence-corrected chi connectivity index (χ3v) is 4.01. The number of nitrogens with two attached hydrogens (primary N) is 1. The molecule has 4 N–H and O–H groups in total. The Labute approximate surface area is 138 Å². The fourth-order valence-electron chi connectivity index (χ4n) is 2.74. The number of carboxylic acid groups (broad SMARTS) is 1. The van der Waals surface area contributed by atoms with Crippen molar-refractivity contribution in [2.45, 2.75) is 12.6 Å². The number of benzene rings is 2. The first-order valence-electron chi connectivity index (χ1n) is 7.38. The van der Waals surface area contributed by atoms with E-state index in [-0.39, 0.29) is 19.0 Å². The van der Waals surface area contributed by atoms with Gasteiger partial charge in [0.1, 0.15) is 12.4 Å². The van der Waals surface area contributed by atoms with Crippen LogP contribution in [0.4, 0.5) is 4.79 Å². The molecular formula is C17H17N3O4. The fourth-order valence-corrected chi connectivity index (χ4v) is 2.74. The van der Waals surface area contributed by atoms with Crippen molar-refractivity contribution in [3.8, 4) is 5.75 Å². The summed E-state index contributed by atoms with van der Waals surface area (Å²) in [6.07, 6.45) is -1.01. The van der Waals surface area contributed by atoms with E-state index in [2.05, 4.69) is 5.16 Å². The Morgan fingerprint density at radius 1 is 1.25 bits per heavy atom. The minimum Gasteiger partial charge on any atom is -0.491 e. The van der Waals surface area contributed by atoms with Crippen molar-refractivity contribution in [2.24, 2.45) is 10.9 Å². The molecule has 7 nitrogen and oxygen atoms in total. The topological polar surface area (TPSA) is 108 Å². The summed E-state index contributed by atoms with van der Waals surface area (Å²) < 4.78 is 5.83. The summed E-state index contributed by atoms with van der Waals surface area (Å²) in [6, 6.07) is 14.0. The summed E-state index contributed by atoms with van der Waals surface area (Å²) >= 11 is 0. The van der Waals surface area contributed by atoms with Gasteiger partial charge in [0.2, 0.25) is 0 Å². The first-order valence-corrected chi connectivity index (χ1v) is 7.38. The summed E-state index contributed by atoms with van der Waals surface area (Å²) in [5.74, 6) is 0.504. The van der Waals surface area contributed by atoms with Gasteiger partial charge in [0.25, 0.3) is 0 Å². The lowest BCUT2D eigenvalue weighted by molar-refractivity contribution is 0.107. The van der Waals surface area contributed by atoms with E-state index in [0.29, 0.717) is 11.3 Å². The zero-order chi connectivity index (χ0) is 17.1. The molecule has 0 aromatic heterocycles. The highest BCUT2D eigenvalue weighted by atomic mass is 16.5. The number of rotatable bonds is 2. The van der Waals surface area contributed by atoms with E-state index in [1.807, 2.05) is 30.3 Å². The molecular weight excluding hydrogens is 310 g/mol. The Morgan fingerprint density at radius 2 is 2.00 bits per heavy atom. The predicted octanol–water partition coefficient (Wildman–Crippen LogP) is 2.39. The zero-order valence-electron chi connectivity index (χ0n) is 12.8. The van der Waals surface area contributed by atoms with Crippen LogP contribution in [0.15, 0.2) is 53.7 Å². The Hall–Kier alpha value is -3.22. The summed E-state index contributed by atoms with van der Waals surface area (Å²) in [5.41, 5.74) is 7.70. The van der Waals surface area contributed by atoms with Gasteiger partial charge in [0, 0.05) is 11.1 Å². The maximum Gasteiger partial charge on any atom is 0.408 e. The normalized spacial score (nSPS) is 17.6. The molecule has 1 unspecified atom stereocenters. The molecule has 7 heteroatoms. The van der Waals surface area contributed by atoms with Crippen molar-refractivity contribution in [1.29, 1.82) is 0 Å². The van der Waals surface area contributed by atoms with Gasteiger partial charge in [-0.1, -0.05) is 47.6 Å². The van der Waals surface area contributed by atoms with Crippen molar-refractivity contribution in [3.63, 3.8) is 0 Å². The molecule has 0 spiro atoms. The van der Waals surface area contributed by atoms with Crippen LogP contribution < -0.4 is 10.5 Å². The molecule has 1 aliphatic heterocycles. The molecule has 0 bridgehead atoms. The van der Waals surface area contributed by atoms with Crippen LogP contribution in [0.5, 0.6) is 5.75 Å². The first kappa shape index (κ1) is 15.7. The van der Waals surface area contributed by atoms with Crippen LogP contribution in [-0.2, 0) is 6.54 Å². The molecule has 0 aliphatic carbocycles. The summed E-state index contributed by atoms with van der Waals surface area (Å²) in [6.45, 7) is 0.379. The number of oxime groups is 1. The quantitative estimate of drug-likeness (QED) is 0.340. The first-order chi connectivity index (χ1) is 11.6. The number of hydrogen-bond donors (Lipinski definition) is 3. The van der Waals surface area contributed by atoms with Crippen molar-refractivity contribution in [3.05, 3.63) is 65.2 Å². The molecule has 1 aliphatic rings. The van der Waals surface area contributed by atoms with Gasteiger partial charge in [-0.3, -0.25) is 4.90 Å². The highest BCUT2D eigenvalue weighted by Gasteiger charge is 2.29. The smallest absolute Gasteiger partial charge is 0.408 e. The number of hydrogen-bond acceptors (Lipinski definition) is 4. The monoisotopic (exact) mass is 327 g/mol. The van der Waals surface area contributed by atoms with Crippen LogP contribution in [0.2, 0.25) is 0 Å². The molecule has 0 saturated heterocycles. The van der Waals surface area contributed by atoms with Crippen molar-refractivity contribution in [2.75, 3.05) is 6.61 Å². The van der Waals surface area contributed by atoms with E-state index < -0.39 is 12.1 Å². The molecule has 3 rings (SSSR count). The van der Waals surface area contributed by atoms with Crippen LogP contribution >= 0.6 is 0 Å². The average Bonchev–Trinajstić information content (AvgIpc) is 2.81. The number of amides is 1. The molecule has 0 radical (unpaired) electrons. The number of carbonyl (C=O) groups is 1. The van der Waals surface area contributed by atoms with Gasteiger partial charge in [-0.15, -0.1) is 0 Å². The van der Waals surface area contributed by atoms with Crippen molar-refractivity contribution >= 4 is 11.9 Å². The van der Waals surface area contributed by atoms with Crippen molar-refractivity contribution in [1.82, 2.24) is 4.90 Å². The molecule has 24 heavy (non-hydrogen) atoms. The molecule has 0 saturated carbocycles. The highest BCUT2D eigenvalue weighted by molar-refractivity contribution is 5.97. The molecule has 2 aromatic rings. The number of ether oxygens (including phenoxy) is 1. The molecule has 1 atom stereocenters. The van der Waals surface area contributed by atoms with Crippen LogP contribution in [0.25, 0.3) is 0 Å². The van der Waals surface area contributed by atoms with Gasteiger partial charge in [0.15, 0.2) is 5.84 Å². The number of fused-ring (bicyclic) bond motifs is 1. The second kappa shape index (κ2) is 6.49. The van der Waals surface area contributed by atoms with E-state index in [9.17, 15) is 9.90 Å². The summed E-state index contributed by atoms with van der Waals surface area (Å²) in [5, 5.41) is 21.4. The minimum atomic E-state index is -1.01. The second-order valence-electron chi connectivity index (χ2n) is 5.46. The summed E-state index contributed by atoms with van der Waals surface area (Å²) in [7, 11) is 0. The Balaban J connectivity index is 1.97. The van der Waals surface area contributed by atoms with Crippen LogP contribution in [-0.4, -0.2) is 33.7 Å². The number of nitrogens with zero attached hydrogens (tertiary/aromatic N) is 2. The van der Waals surface area contributed by atoms with E-state index >= 15 is 0 Å². The maximum absolute atomic E-state index is 11.7. The molecule has 1 amide bonds. The largest absolute Gasteiger partial charge is 0.491 e. The lowest BCUT2D eigenvalue weighted by atomic mass is 10.1. The number of amidine groups is 1. The Morgan fingerprint density at radius 3 is 2.67 bits per heavy atom. The van der Waals surface area contributed by atoms with Gasteiger partial charge >= 0.3 is 6.09 Å². The Kier molecular flexibility index (Phi) is 4.24. The van der Waals surface area contributed by atoms with Crippen LogP contribution in [0, 0.1) is 0 Å². The average molecular weight is 327 g/mol. The van der Waals surface area contributed by atoms with E-state index in [1.165, 1.54) is 4.90 Å². The van der Waals surface area contributed by atoms with E-state index in [0.717, 1.165) is 11.1 Å². The zero-order valence-corrected chi connectivity index (χ0v) is 12.8. The van der Waals surface area contributed by atoms with Gasteiger partial charge in [-0.05, 0) is 11.6 Å². The van der Waals surface area contributed by atoms with Gasteiger partial charge in [-0.2, -0.15) is 0 Å². The summed E-state index contributed by atoms with van der Waals surface area (Å²) in [4.78, 5) is 13.1. The fraction of sp³-hybridized carbons (Fsp3) is 0.176. The SMILES string of the molecule is NC(=NO)c1ccc2c(c1)OCC(c1ccccc1)N(C(=O)O)C2. The lowest BCUT2D eigenvalue weighted by Crippen LogP contribution is -2.34. The van der Waals surface area contributed by atoms with Crippen LogP contribution in [0.3, 0.4) is 0 Å². The minimum absolute atomic E-state index is 0.0275. The highest BCUT2D eigenvalue weighted by Crippen LogP contribution is 2.32. The molecule has 0 fully saturated rings. The molecule has 1 heterocycles. The van der Waals surface area contributed by atoms with Gasteiger partial charge in [-0.25, -0.2) is 4.79 Å². The third kappa shape index (κ3) is 2.96.